The molecule has 0 spiro atoms. The van der Waals surface area contributed by atoms with Gasteiger partial charge in [-0.1, -0.05) is 12.1 Å². The van der Waals surface area contributed by atoms with Crippen molar-refractivity contribution in [2.45, 2.75) is 25.0 Å². The number of ether oxygens (including phenoxy) is 2. The van der Waals surface area contributed by atoms with Crippen molar-refractivity contribution < 1.29 is 14.6 Å². The number of benzene rings is 1. The van der Waals surface area contributed by atoms with Crippen LogP contribution in [0.25, 0.3) is 0 Å². The van der Waals surface area contributed by atoms with Gasteiger partial charge < -0.3 is 19.9 Å². The first-order valence-corrected chi connectivity index (χ1v) is 5.97. The Kier molecular flexibility index (Phi) is 4.23. The van der Waals surface area contributed by atoms with Crippen LogP contribution >= 0.6 is 0 Å². The predicted molar refractivity (Wildman–Crippen MR) is 66.5 cm³/mol. The molecular formula is C13H19NO3. The minimum absolute atomic E-state index is 0.0582. The van der Waals surface area contributed by atoms with E-state index in [2.05, 4.69) is 5.32 Å². The maximum atomic E-state index is 9.43. The standard InChI is InChI=1S/C13H19NO3/c1-16-12-6-3-2-5-10(12)14-11(9-15)13-7-4-8-17-13/h2-3,5-6,11,13-15H,4,7-9H2,1H3. The second-order valence-electron chi connectivity index (χ2n) is 4.19. The summed E-state index contributed by atoms with van der Waals surface area (Å²) >= 11 is 0. The summed E-state index contributed by atoms with van der Waals surface area (Å²) in [5, 5.41) is 12.7. The molecule has 0 radical (unpaired) electrons. The maximum absolute atomic E-state index is 9.43. The van der Waals surface area contributed by atoms with Crippen molar-refractivity contribution in [3.8, 4) is 5.75 Å². The van der Waals surface area contributed by atoms with E-state index in [1.54, 1.807) is 7.11 Å². The molecule has 2 N–H and O–H groups in total. The molecule has 2 unspecified atom stereocenters. The van der Waals surface area contributed by atoms with Gasteiger partial charge in [0, 0.05) is 6.61 Å². The lowest BCUT2D eigenvalue weighted by molar-refractivity contribution is 0.0757. The molecule has 94 valence electrons. The topological polar surface area (TPSA) is 50.7 Å². The van der Waals surface area contributed by atoms with E-state index in [9.17, 15) is 5.11 Å². The van der Waals surface area contributed by atoms with Crippen molar-refractivity contribution in [2.24, 2.45) is 0 Å². The van der Waals surface area contributed by atoms with Gasteiger partial charge in [0.25, 0.3) is 0 Å². The van der Waals surface area contributed by atoms with Crippen LogP contribution in [0.3, 0.4) is 0 Å². The Morgan fingerprint density at radius 2 is 2.35 bits per heavy atom. The molecule has 0 saturated carbocycles. The smallest absolute Gasteiger partial charge is 0.141 e. The van der Waals surface area contributed by atoms with E-state index in [-0.39, 0.29) is 18.8 Å². The van der Waals surface area contributed by atoms with E-state index in [1.165, 1.54) is 0 Å². The Morgan fingerprint density at radius 1 is 1.53 bits per heavy atom. The van der Waals surface area contributed by atoms with Crippen LogP contribution in [-0.4, -0.2) is 37.6 Å². The number of anilines is 1. The summed E-state index contributed by atoms with van der Waals surface area (Å²) in [4.78, 5) is 0. The highest BCUT2D eigenvalue weighted by atomic mass is 16.5. The first kappa shape index (κ1) is 12.2. The molecule has 1 saturated heterocycles. The average molecular weight is 237 g/mol. The van der Waals surface area contributed by atoms with E-state index in [1.807, 2.05) is 24.3 Å². The van der Waals surface area contributed by atoms with Gasteiger partial charge in [-0.2, -0.15) is 0 Å². The fraction of sp³-hybridized carbons (Fsp3) is 0.538. The molecule has 1 aliphatic heterocycles. The van der Waals surface area contributed by atoms with Crippen molar-refractivity contribution >= 4 is 5.69 Å². The molecule has 2 atom stereocenters. The molecule has 1 aromatic rings. The van der Waals surface area contributed by atoms with Crippen molar-refractivity contribution in [1.82, 2.24) is 0 Å². The predicted octanol–water partition coefficient (Wildman–Crippen LogP) is 1.65. The Bertz CT molecular complexity index is 350. The Balaban J connectivity index is 2.06. The quantitative estimate of drug-likeness (QED) is 0.817. The summed E-state index contributed by atoms with van der Waals surface area (Å²) < 4.78 is 10.9. The van der Waals surface area contributed by atoms with Crippen LogP contribution in [0.5, 0.6) is 5.75 Å². The van der Waals surface area contributed by atoms with Crippen molar-refractivity contribution in [3.05, 3.63) is 24.3 Å². The fourth-order valence-corrected chi connectivity index (χ4v) is 2.14. The molecule has 1 heterocycles. The third kappa shape index (κ3) is 2.90. The van der Waals surface area contributed by atoms with Crippen LogP contribution in [0.2, 0.25) is 0 Å². The van der Waals surface area contributed by atoms with Crippen LogP contribution in [-0.2, 0) is 4.74 Å². The molecule has 4 nitrogen and oxygen atoms in total. The molecule has 0 amide bonds. The van der Waals surface area contributed by atoms with E-state index < -0.39 is 0 Å². The zero-order chi connectivity index (χ0) is 12.1. The van der Waals surface area contributed by atoms with Gasteiger partial charge in [-0.05, 0) is 25.0 Å². The largest absolute Gasteiger partial charge is 0.495 e. The number of methoxy groups -OCH3 is 1. The van der Waals surface area contributed by atoms with Crippen molar-refractivity contribution in [1.29, 1.82) is 0 Å². The van der Waals surface area contributed by atoms with E-state index >= 15 is 0 Å². The third-order valence-electron chi connectivity index (χ3n) is 3.06. The number of hydrogen-bond acceptors (Lipinski definition) is 4. The first-order chi connectivity index (χ1) is 8.35. The second-order valence-corrected chi connectivity index (χ2v) is 4.19. The normalized spacial score (nSPS) is 21.2. The third-order valence-corrected chi connectivity index (χ3v) is 3.06. The van der Waals surface area contributed by atoms with Gasteiger partial charge >= 0.3 is 0 Å². The molecule has 0 bridgehead atoms. The lowest BCUT2D eigenvalue weighted by atomic mass is 10.1. The van der Waals surface area contributed by atoms with Gasteiger partial charge in [-0.15, -0.1) is 0 Å². The summed E-state index contributed by atoms with van der Waals surface area (Å²) in [5.74, 6) is 0.781. The van der Waals surface area contributed by atoms with Gasteiger partial charge in [-0.3, -0.25) is 0 Å². The summed E-state index contributed by atoms with van der Waals surface area (Å²) in [6.45, 7) is 0.845. The molecule has 1 fully saturated rings. The SMILES string of the molecule is COc1ccccc1NC(CO)C1CCCO1. The van der Waals surface area contributed by atoms with E-state index in [0.717, 1.165) is 30.9 Å². The van der Waals surface area contributed by atoms with Gasteiger partial charge in [-0.25, -0.2) is 0 Å². The van der Waals surface area contributed by atoms with Gasteiger partial charge in [0.05, 0.1) is 31.5 Å². The number of nitrogens with one attached hydrogen (secondary N) is 1. The number of hydrogen-bond donors (Lipinski definition) is 2. The lowest BCUT2D eigenvalue weighted by Gasteiger charge is -2.24. The molecule has 17 heavy (non-hydrogen) atoms. The molecule has 4 heteroatoms. The highest BCUT2D eigenvalue weighted by molar-refractivity contribution is 5.56. The molecule has 0 aromatic heterocycles. The van der Waals surface area contributed by atoms with Crippen LogP contribution < -0.4 is 10.1 Å². The second kappa shape index (κ2) is 5.89. The van der Waals surface area contributed by atoms with Gasteiger partial charge in [0.15, 0.2) is 0 Å². The zero-order valence-corrected chi connectivity index (χ0v) is 10.1. The Hall–Kier alpha value is -1.26. The van der Waals surface area contributed by atoms with E-state index in [4.69, 9.17) is 9.47 Å². The van der Waals surface area contributed by atoms with Crippen LogP contribution in [0.4, 0.5) is 5.69 Å². The number of rotatable bonds is 5. The lowest BCUT2D eigenvalue weighted by Crippen LogP contribution is -2.36. The maximum Gasteiger partial charge on any atom is 0.141 e. The minimum Gasteiger partial charge on any atom is -0.495 e. The average Bonchev–Trinajstić information content (AvgIpc) is 2.90. The molecule has 1 aromatic carbocycles. The first-order valence-electron chi connectivity index (χ1n) is 5.97. The van der Waals surface area contributed by atoms with Crippen LogP contribution in [0, 0.1) is 0 Å². The van der Waals surface area contributed by atoms with Crippen LogP contribution in [0.15, 0.2) is 24.3 Å². The molecule has 2 rings (SSSR count). The Labute approximate surface area is 102 Å². The summed E-state index contributed by atoms with van der Waals surface area (Å²) in [6, 6.07) is 7.62. The summed E-state index contributed by atoms with van der Waals surface area (Å²) in [7, 11) is 1.64. The molecular weight excluding hydrogens is 218 g/mol. The Morgan fingerprint density at radius 3 is 3.00 bits per heavy atom. The van der Waals surface area contributed by atoms with Gasteiger partial charge in [0.2, 0.25) is 0 Å². The molecule has 0 aliphatic carbocycles. The van der Waals surface area contributed by atoms with Crippen LogP contribution in [0.1, 0.15) is 12.8 Å². The highest BCUT2D eigenvalue weighted by Crippen LogP contribution is 2.26. The zero-order valence-electron chi connectivity index (χ0n) is 10.1. The van der Waals surface area contributed by atoms with Crippen molar-refractivity contribution in [3.63, 3.8) is 0 Å². The summed E-state index contributed by atoms with van der Waals surface area (Å²) in [5.41, 5.74) is 0.893. The highest BCUT2D eigenvalue weighted by Gasteiger charge is 2.25. The minimum atomic E-state index is -0.0752. The fourth-order valence-electron chi connectivity index (χ4n) is 2.14. The number of aliphatic hydroxyl groups is 1. The van der Waals surface area contributed by atoms with Crippen molar-refractivity contribution in [2.75, 3.05) is 25.6 Å². The van der Waals surface area contributed by atoms with Gasteiger partial charge in [0.1, 0.15) is 5.75 Å². The summed E-state index contributed by atoms with van der Waals surface area (Å²) in [6.07, 6.45) is 2.15. The molecule has 1 aliphatic rings. The number of para-hydroxylation sites is 2. The monoisotopic (exact) mass is 237 g/mol. The van der Waals surface area contributed by atoms with E-state index in [0.29, 0.717) is 0 Å². The number of aliphatic hydroxyl groups excluding tert-OH is 1.